The highest BCUT2D eigenvalue weighted by atomic mass is 16.5. The molecule has 1 atom stereocenters. The predicted octanol–water partition coefficient (Wildman–Crippen LogP) is 4.05. The molecule has 1 aliphatic rings. The molecule has 0 saturated carbocycles. The van der Waals surface area contributed by atoms with Gasteiger partial charge >= 0.3 is 0 Å². The highest BCUT2D eigenvalue weighted by Gasteiger charge is 2.16. The van der Waals surface area contributed by atoms with Crippen LogP contribution in [0.2, 0.25) is 0 Å². The fraction of sp³-hybridized carbons (Fsp3) is 0.409. The van der Waals surface area contributed by atoms with Gasteiger partial charge in [0.2, 0.25) is 0 Å². The number of ether oxygens (including phenoxy) is 2. The molecule has 0 radical (unpaired) electrons. The van der Waals surface area contributed by atoms with Gasteiger partial charge in [-0.1, -0.05) is 18.2 Å². The minimum atomic E-state index is -0.535. The number of fused-ring (bicyclic) bond motifs is 1. The van der Waals surface area contributed by atoms with E-state index >= 15 is 0 Å². The Morgan fingerprint density at radius 3 is 2.69 bits per heavy atom. The second-order valence-corrected chi connectivity index (χ2v) is 6.70. The van der Waals surface area contributed by atoms with Crippen LogP contribution in [0, 0.1) is 0 Å². The molecule has 0 aliphatic heterocycles. The molecule has 4 heteroatoms. The SMILES string of the molecule is CCOc1cccc(CNC(=O)C(C)Oc2ccc3c(c2)CCCC3)c1. The normalized spacial score (nSPS) is 14.2. The number of hydrogen-bond donors (Lipinski definition) is 1. The van der Waals surface area contributed by atoms with Crippen LogP contribution in [0.1, 0.15) is 43.4 Å². The van der Waals surface area contributed by atoms with Gasteiger partial charge in [-0.3, -0.25) is 4.79 Å². The number of benzene rings is 2. The molecule has 2 aromatic carbocycles. The van der Waals surface area contributed by atoms with Crippen LogP contribution < -0.4 is 14.8 Å². The number of amides is 1. The molecule has 1 aliphatic carbocycles. The van der Waals surface area contributed by atoms with Crippen molar-refractivity contribution in [1.82, 2.24) is 5.32 Å². The second kappa shape index (κ2) is 8.75. The van der Waals surface area contributed by atoms with Crippen molar-refractivity contribution in [1.29, 1.82) is 0 Å². The van der Waals surface area contributed by atoms with E-state index in [9.17, 15) is 4.79 Å². The molecule has 2 aromatic rings. The van der Waals surface area contributed by atoms with E-state index in [2.05, 4.69) is 17.4 Å². The number of hydrogen-bond acceptors (Lipinski definition) is 3. The van der Waals surface area contributed by atoms with Gasteiger partial charge in [0.15, 0.2) is 6.10 Å². The van der Waals surface area contributed by atoms with Gasteiger partial charge in [0.1, 0.15) is 11.5 Å². The van der Waals surface area contributed by atoms with E-state index in [1.54, 1.807) is 6.92 Å². The van der Waals surface area contributed by atoms with E-state index in [0.717, 1.165) is 29.9 Å². The van der Waals surface area contributed by atoms with Crippen molar-refractivity contribution in [3.8, 4) is 11.5 Å². The van der Waals surface area contributed by atoms with E-state index in [0.29, 0.717) is 13.2 Å². The summed E-state index contributed by atoms with van der Waals surface area (Å²) < 4.78 is 11.3. The fourth-order valence-electron chi connectivity index (χ4n) is 3.29. The lowest BCUT2D eigenvalue weighted by Crippen LogP contribution is -2.35. The van der Waals surface area contributed by atoms with E-state index in [1.165, 1.54) is 24.0 Å². The molecule has 26 heavy (non-hydrogen) atoms. The molecule has 0 spiro atoms. The monoisotopic (exact) mass is 353 g/mol. The Labute approximate surface area is 155 Å². The molecule has 0 aromatic heterocycles. The summed E-state index contributed by atoms with van der Waals surface area (Å²) in [7, 11) is 0. The third kappa shape index (κ3) is 4.78. The molecular weight excluding hydrogens is 326 g/mol. The van der Waals surface area contributed by atoms with E-state index in [1.807, 2.05) is 37.3 Å². The zero-order chi connectivity index (χ0) is 18.4. The van der Waals surface area contributed by atoms with E-state index in [-0.39, 0.29) is 5.91 Å². The molecule has 0 bridgehead atoms. The van der Waals surface area contributed by atoms with E-state index in [4.69, 9.17) is 9.47 Å². The van der Waals surface area contributed by atoms with Crippen molar-refractivity contribution >= 4 is 5.91 Å². The summed E-state index contributed by atoms with van der Waals surface area (Å²) in [5, 5.41) is 2.93. The van der Waals surface area contributed by atoms with Crippen LogP contribution in [0.25, 0.3) is 0 Å². The standard InChI is InChI=1S/C22H27NO3/c1-3-25-20-10-6-7-17(13-20)15-23-22(24)16(2)26-21-12-11-18-8-4-5-9-19(18)14-21/h6-7,10-14,16H,3-5,8-9,15H2,1-2H3,(H,23,24). The molecule has 138 valence electrons. The molecule has 0 heterocycles. The molecule has 1 amide bonds. The van der Waals surface area contributed by atoms with Gasteiger partial charge in [0, 0.05) is 6.54 Å². The fourth-order valence-corrected chi connectivity index (χ4v) is 3.29. The first-order valence-electron chi connectivity index (χ1n) is 9.43. The van der Waals surface area contributed by atoms with Gasteiger partial charge in [0.05, 0.1) is 6.61 Å². The highest BCUT2D eigenvalue weighted by Crippen LogP contribution is 2.25. The Kier molecular flexibility index (Phi) is 6.16. The average Bonchev–Trinajstić information content (AvgIpc) is 2.66. The van der Waals surface area contributed by atoms with Gasteiger partial charge in [-0.15, -0.1) is 0 Å². The largest absolute Gasteiger partial charge is 0.494 e. The van der Waals surface area contributed by atoms with Crippen molar-refractivity contribution < 1.29 is 14.3 Å². The van der Waals surface area contributed by atoms with Crippen molar-refractivity contribution in [2.24, 2.45) is 0 Å². The average molecular weight is 353 g/mol. The summed E-state index contributed by atoms with van der Waals surface area (Å²) in [6.07, 6.45) is 4.20. The first kappa shape index (κ1) is 18.3. The summed E-state index contributed by atoms with van der Waals surface area (Å²) in [5.41, 5.74) is 3.77. The summed E-state index contributed by atoms with van der Waals surface area (Å²) in [6, 6.07) is 13.9. The van der Waals surface area contributed by atoms with Crippen LogP contribution >= 0.6 is 0 Å². The quantitative estimate of drug-likeness (QED) is 0.817. The Morgan fingerprint density at radius 2 is 1.88 bits per heavy atom. The number of nitrogens with one attached hydrogen (secondary N) is 1. The molecule has 1 unspecified atom stereocenters. The first-order chi connectivity index (χ1) is 12.7. The van der Waals surface area contributed by atoms with Crippen LogP contribution in [-0.2, 0) is 24.2 Å². The third-order valence-corrected chi connectivity index (χ3v) is 4.68. The molecule has 0 saturated heterocycles. The van der Waals surface area contributed by atoms with Crippen LogP contribution in [0.5, 0.6) is 11.5 Å². The second-order valence-electron chi connectivity index (χ2n) is 6.70. The molecule has 0 fully saturated rings. The number of carbonyl (C=O) groups is 1. The molecule has 1 N–H and O–H groups in total. The lowest BCUT2D eigenvalue weighted by atomic mass is 9.92. The lowest BCUT2D eigenvalue weighted by Gasteiger charge is -2.19. The summed E-state index contributed by atoms with van der Waals surface area (Å²) >= 11 is 0. The molecule has 4 nitrogen and oxygen atoms in total. The highest BCUT2D eigenvalue weighted by molar-refractivity contribution is 5.80. The maximum atomic E-state index is 12.4. The van der Waals surface area contributed by atoms with E-state index < -0.39 is 6.10 Å². The molecule has 3 rings (SSSR count). The number of carbonyl (C=O) groups excluding carboxylic acids is 1. The zero-order valence-corrected chi connectivity index (χ0v) is 15.6. The predicted molar refractivity (Wildman–Crippen MR) is 103 cm³/mol. The van der Waals surface area contributed by atoms with Crippen molar-refractivity contribution in [2.75, 3.05) is 6.61 Å². The maximum Gasteiger partial charge on any atom is 0.261 e. The summed E-state index contributed by atoms with van der Waals surface area (Å²) in [5.74, 6) is 1.47. The van der Waals surface area contributed by atoms with Crippen LogP contribution in [-0.4, -0.2) is 18.6 Å². The van der Waals surface area contributed by atoms with Crippen molar-refractivity contribution in [3.63, 3.8) is 0 Å². The van der Waals surface area contributed by atoms with Crippen molar-refractivity contribution in [3.05, 3.63) is 59.2 Å². The first-order valence-corrected chi connectivity index (χ1v) is 9.43. The van der Waals surface area contributed by atoms with Crippen LogP contribution in [0.3, 0.4) is 0 Å². The van der Waals surface area contributed by atoms with Crippen LogP contribution in [0.4, 0.5) is 0 Å². The van der Waals surface area contributed by atoms with Gasteiger partial charge < -0.3 is 14.8 Å². The van der Waals surface area contributed by atoms with Crippen molar-refractivity contribution in [2.45, 2.75) is 52.2 Å². The summed E-state index contributed by atoms with van der Waals surface area (Å²) in [6.45, 7) is 4.82. The van der Waals surface area contributed by atoms with Gasteiger partial charge in [0.25, 0.3) is 5.91 Å². The minimum absolute atomic E-state index is 0.121. The topological polar surface area (TPSA) is 47.6 Å². The summed E-state index contributed by atoms with van der Waals surface area (Å²) in [4.78, 5) is 12.4. The maximum absolute atomic E-state index is 12.4. The number of aryl methyl sites for hydroxylation is 2. The smallest absolute Gasteiger partial charge is 0.261 e. The van der Waals surface area contributed by atoms with Gasteiger partial charge in [-0.25, -0.2) is 0 Å². The zero-order valence-electron chi connectivity index (χ0n) is 15.6. The Bertz CT molecular complexity index is 757. The molecular formula is C22H27NO3. The third-order valence-electron chi connectivity index (χ3n) is 4.68. The Morgan fingerprint density at radius 1 is 1.08 bits per heavy atom. The lowest BCUT2D eigenvalue weighted by molar-refractivity contribution is -0.127. The van der Waals surface area contributed by atoms with Gasteiger partial charge in [-0.2, -0.15) is 0 Å². The van der Waals surface area contributed by atoms with Crippen LogP contribution in [0.15, 0.2) is 42.5 Å². The Hall–Kier alpha value is -2.49. The minimum Gasteiger partial charge on any atom is -0.494 e. The van der Waals surface area contributed by atoms with Gasteiger partial charge in [-0.05, 0) is 80.5 Å². The Balaban J connectivity index is 1.54. The number of rotatable bonds is 7.